The zero-order chi connectivity index (χ0) is 14.9. The third-order valence-corrected chi connectivity index (χ3v) is 3.47. The Balaban J connectivity index is 2.14. The second-order valence-electron chi connectivity index (χ2n) is 5.42. The molecule has 3 rings (SSSR count). The van der Waals surface area contributed by atoms with Crippen LogP contribution in [0.25, 0.3) is 11.0 Å². The average molecular weight is 282 g/mol. The molecule has 0 radical (unpaired) electrons. The summed E-state index contributed by atoms with van der Waals surface area (Å²) in [6.07, 6.45) is 5.11. The molecule has 1 atom stereocenters. The van der Waals surface area contributed by atoms with Crippen molar-refractivity contribution in [3.05, 3.63) is 54.4 Å². The van der Waals surface area contributed by atoms with Gasteiger partial charge in [-0.15, -0.1) is 0 Å². The van der Waals surface area contributed by atoms with Crippen molar-refractivity contribution in [1.82, 2.24) is 24.8 Å². The zero-order valence-electron chi connectivity index (χ0n) is 12.1. The number of likely N-dealkylation sites (N-methyl/N-ethyl adjacent to an activating group) is 1. The highest BCUT2D eigenvalue weighted by atomic mass is 15.1. The normalized spacial score (nSPS) is 14.5. The zero-order valence-corrected chi connectivity index (χ0v) is 12.1. The van der Waals surface area contributed by atoms with Crippen LogP contribution in [0.3, 0.4) is 0 Å². The molecular formula is C15H18N6. The van der Waals surface area contributed by atoms with Gasteiger partial charge in [0.2, 0.25) is 0 Å². The van der Waals surface area contributed by atoms with E-state index in [1.165, 1.54) is 0 Å². The number of hydrogen-bond acceptors (Lipinski definition) is 5. The molecule has 1 aromatic carbocycles. The number of nitrogens with one attached hydrogen (secondary N) is 1. The van der Waals surface area contributed by atoms with Gasteiger partial charge in [0.15, 0.2) is 5.82 Å². The highest BCUT2D eigenvalue weighted by Gasteiger charge is 2.33. The summed E-state index contributed by atoms with van der Waals surface area (Å²) in [5.41, 5.74) is 8.76. The molecule has 6 heteroatoms. The molecular weight excluding hydrogens is 264 g/mol. The van der Waals surface area contributed by atoms with E-state index in [2.05, 4.69) is 19.9 Å². The van der Waals surface area contributed by atoms with Gasteiger partial charge in [0, 0.05) is 18.9 Å². The van der Waals surface area contributed by atoms with Crippen molar-refractivity contribution < 1.29 is 0 Å². The van der Waals surface area contributed by atoms with E-state index >= 15 is 0 Å². The van der Waals surface area contributed by atoms with Crippen LogP contribution in [0.5, 0.6) is 0 Å². The minimum Gasteiger partial charge on any atom is -0.345 e. The molecule has 0 aliphatic carbocycles. The molecule has 3 aromatic rings. The summed E-state index contributed by atoms with van der Waals surface area (Å²) >= 11 is 0. The van der Waals surface area contributed by atoms with Crippen molar-refractivity contribution in [2.45, 2.75) is 5.54 Å². The largest absolute Gasteiger partial charge is 0.345 e. The minimum absolute atomic E-state index is 0.608. The summed E-state index contributed by atoms with van der Waals surface area (Å²) in [7, 11) is 3.97. The van der Waals surface area contributed by atoms with Crippen molar-refractivity contribution in [3.63, 3.8) is 0 Å². The maximum Gasteiger partial charge on any atom is 0.153 e. The first-order valence-electron chi connectivity index (χ1n) is 6.74. The molecule has 0 fully saturated rings. The van der Waals surface area contributed by atoms with Crippen molar-refractivity contribution in [3.8, 4) is 0 Å². The second kappa shape index (κ2) is 5.23. The first kappa shape index (κ1) is 13.7. The van der Waals surface area contributed by atoms with E-state index in [0.717, 1.165) is 16.6 Å². The number of nitrogens with zero attached hydrogens (tertiary/aromatic N) is 4. The molecule has 6 nitrogen and oxygen atoms in total. The second-order valence-corrected chi connectivity index (χ2v) is 5.42. The molecule has 21 heavy (non-hydrogen) atoms. The van der Waals surface area contributed by atoms with Gasteiger partial charge in [0.25, 0.3) is 0 Å². The van der Waals surface area contributed by atoms with Crippen molar-refractivity contribution >= 4 is 11.0 Å². The van der Waals surface area contributed by atoms with E-state index in [1.807, 2.05) is 37.2 Å². The first-order valence-corrected chi connectivity index (χ1v) is 6.74. The molecule has 0 bridgehead atoms. The van der Waals surface area contributed by atoms with Crippen LogP contribution in [0.15, 0.2) is 43.0 Å². The van der Waals surface area contributed by atoms with Gasteiger partial charge in [-0.1, -0.05) is 6.07 Å². The molecule has 0 spiro atoms. The summed E-state index contributed by atoms with van der Waals surface area (Å²) in [4.78, 5) is 18.1. The number of nitrogens with two attached hydrogens (primary N) is 1. The Morgan fingerprint density at radius 3 is 2.67 bits per heavy atom. The van der Waals surface area contributed by atoms with Crippen LogP contribution in [0.4, 0.5) is 0 Å². The van der Waals surface area contributed by atoms with Crippen LogP contribution in [-0.4, -0.2) is 45.5 Å². The van der Waals surface area contributed by atoms with E-state index in [1.54, 1.807) is 24.8 Å². The van der Waals surface area contributed by atoms with Gasteiger partial charge in [-0.05, 0) is 37.9 Å². The fraction of sp³-hybridized carbons (Fsp3) is 0.267. The van der Waals surface area contributed by atoms with Gasteiger partial charge < -0.3 is 15.6 Å². The Kier molecular flexibility index (Phi) is 3.40. The van der Waals surface area contributed by atoms with Crippen LogP contribution in [0.2, 0.25) is 0 Å². The highest BCUT2D eigenvalue weighted by Crippen LogP contribution is 2.27. The molecule has 2 heterocycles. The summed E-state index contributed by atoms with van der Waals surface area (Å²) < 4.78 is 0. The number of H-pyrrole nitrogens is 1. The van der Waals surface area contributed by atoms with Crippen LogP contribution in [0.1, 0.15) is 11.4 Å². The van der Waals surface area contributed by atoms with Crippen molar-refractivity contribution in [2.75, 3.05) is 20.6 Å². The molecule has 0 saturated carbocycles. The number of benzene rings is 1. The van der Waals surface area contributed by atoms with Crippen LogP contribution >= 0.6 is 0 Å². The van der Waals surface area contributed by atoms with Crippen LogP contribution < -0.4 is 5.73 Å². The number of aromatic nitrogens is 4. The monoisotopic (exact) mass is 282 g/mol. The number of hydrogen-bond donors (Lipinski definition) is 2. The minimum atomic E-state index is -0.774. The lowest BCUT2D eigenvalue weighted by Crippen LogP contribution is -2.47. The topological polar surface area (TPSA) is 83.7 Å². The third-order valence-electron chi connectivity index (χ3n) is 3.47. The Morgan fingerprint density at radius 2 is 1.95 bits per heavy atom. The number of fused-ring (bicyclic) bond motifs is 1. The van der Waals surface area contributed by atoms with Gasteiger partial charge in [0.05, 0.1) is 17.4 Å². The predicted molar refractivity (Wildman–Crippen MR) is 81.6 cm³/mol. The van der Waals surface area contributed by atoms with Gasteiger partial charge in [-0.3, -0.25) is 0 Å². The lowest BCUT2D eigenvalue weighted by molar-refractivity contribution is 0.311. The highest BCUT2D eigenvalue weighted by molar-refractivity contribution is 5.75. The van der Waals surface area contributed by atoms with Gasteiger partial charge in [-0.2, -0.15) is 0 Å². The smallest absolute Gasteiger partial charge is 0.153 e. The molecule has 0 saturated heterocycles. The summed E-state index contributed by atoms with van der Waals surface area (Å²) in [6.45, 7) is 0.608. The maximum atomic E-state index is 6.70. The predicted octanol–water partition coefficient (Wildman–Crippen LogP) is 1.12. The molecule has 0 aliphatic rings. The number of imidazole rings is 1. The Bertz CT molecular complexity index is 736. The Hall–Kier alpha value is -2.31. The summed E-state index contributed by atoms with van der Waals surface area (Å²) in [6, 6.07) is 7.75. The molecule has 0 amide bonds. The van der Waals surface area contributed by atoms with Gasteiger partial charge >= 0.3 is 0 Å². The van der Waals surface area contributed by atoms with E-state index in [9.17, 15) is 0 Å². The Morgan fingerprint density at radius 1 is 1.19 bits per heavy atom. The molecule has 108 valence electrons. The standard InChI is InChI=1S/C15H18N6/c1-21(2)9-15(16,14-17-6-3-7-18-14)11-4-5-12-13(8-11)20-10-19-12/h3-8,10H,9,16H2,1-2H3,(H,19,20). The van der Waals surface area contributed by atoms with Crippen LogP contribution in [0, 0.1) is 0 Å². The van der Waals surface area contributed by atoms with Crippen molar-refractivity contribution in [1.29, 1.82) is 0 Å². The van der Waals surface area contributed by atoms with Gasteiger partial charge in [-0.25, -0.2) is 15.0 Å². The lowest BCUT2D eigenvalue weighted by Gasteiger charge is -2.31. The van der Waals surface area contributed by atoms with E-state index in [-0.39, 0.29) is 0 Å². The number of rotatable bonds is 4. The van der Waals surface area contributed by atoms with E-state index < -0.39 is 5.54 Å². The van der Waals surface area contributed by atoms with Crippen molar-refractivity contribution in [2.24, 2.45) is 5.73 Å². The number of aromatic amines is 1. The Labute approximate surface area is 123 Å². The van der Waals surface area contributed by atoms with Crippen LogP contribution in [-0.2, 0) is 5.54 Å². The van der Waals surface area contributed by atoms with E-state index in [0.29, 0.717) is 12.4 Å². The van der Waals surface area contributed by atoms with Gasteiger partial charge in [0.1, 0.15) is 5.54 Å². The maximum absolute atomic E-state index is 6.70. The molecule has 1 unspecified atom stereocenters. The fourth-order valence-electron chi connectivity index (χ4n) is 2.53. The molecule has 3 N–H and O–H groups in total. The van der Waals surface area contributed by atoms with E-state index in [4.69, 9.17) is 5.73 Å². The fourth-order valence-corrected chi connectivity index (χ4v) is 2.53. The molecule has 0 aliphatic heterocycles. The summed E-state index contributed by atoms with van der Waals surface area (Å²) in [5.74, 6) is 0.609. The quantitative estimate of drug-likeness (QED) is 0.749. The average Bonchev–Trinajstić information content (AvgIpc) is 2.94. The molecule has 2 aromatic heterocycles. The first-order chi connectivity index (χ1) is 10.1. The lowest BCUT2D eigenvalue weighted by atomic mass is 9.89. The SMILES string of the molecule is CN(C)CC(N)(c1ccc2nc[nH]c2c1)c1ncccn1. The summed E-state index contributed by atoms with van der Waals surface area (Å²) in [5, 5.41) is 0. The third kappa shape index (κ3) is 2.51.